The Kier molecular flexibility index (Phi) is 3.93. The van der Waals surface area contributed by atoms with Gasteiger partial charge in [0.25, 0.3) is 0 Å². The van der Waals surface area contributed by atoms with E-state index < -0.39 is 12.2 Å². The molecule has 0 fully saturated rings. The average molecular weight is 208 g/mol. The minimum Gasteiger partial charge on any atom is -0.442 e. The molecule has 1 rings (SSSR count). The van der Waals surface area contributed by atoms with Crippen LogP contribution >= 0.6 is 0 Å². The predicted octanol–water partition coefficient (Wildman–Crippen LogP) is 0.502. The summed E-state index contributed by atoms with van der Waals surface area (Å²) in [6, 6.07) is 4.87. The van der Waals surface area contributed by atoms with Crippen LogP contribution in [0.1, 0.15) is 23.8 Å². The van der Waals surface area contributed by atoms with Crippen LogP contribution in [-0.2, 0) is 9.53 Å². The molecule has 0 aliphatic carbocycles. The van der Waals surface area contributed by atoms with Crippen LogP contribution in [0.3, 0.4) is 0 Å². The smallest absolute Gasteiger partial charge is 0.358 e. The van der Waals surface area contributed by atoms with Crippen LogP contribution in [0.2, 0.25) is 0 Å². The highest BCUT2D eigenvalue weighted by Gasteiger charge is 2.14. The van der Waals surface area contributed by atoms with Gasteiger partial charge in [0.2, 0.25) is 0 Å². The molecule has 5 nitrogen and oxygen atoms in total. The van der Waals surface area contributed by atoms with Crippen LogP contribution in [0.25, 0.3) is 0 Å². The van der Waals surface area contributed by atoms with Gasteiger partial charge >= 0.3 is 5.97 Å². The summed E-state index contributed by atoms with van der Waals surface area (Å²) in [6.07, 6.45) is 0.586. The number of nitrogens with two attached hydrogens (primary N) is 1. The zero-order valence-electron chi connectivity index (χ0n) is 8.34. The Labute approximate surface area is 87.3 Å². The van der Waals surface area contributed by atoms with E-state index in [1.807, 2.05) is 0 Å². The average Bonchev–Trinajstić information content (AvgIpc) is 2.17. The number of hydrogen-bond acceptors (Lipinski definition) is 5. The van der Waals surface area contributed by atoms with E-state index in [2.05, 4.69) is 4.98 Å². The molecule has 1 aromatic heterocycles. The molecule has 0 aliphatic rings. The van der Waals surface area contributed by atoms with Crippen LogP contribution in [0.15, 0.2) is 24.4 Å². The van der Waals surface area contributed by atoms with Crippen LogP contribution in [0.5, 0.6) is 0 Å². The van der Waals surface area contributed by atoms with E-state index >= 15 is 0 Å². The van der Waals surface area contributed by atoms with E-state index in [0.29, 0.717) is 0 Å². The Hall–Kier alpha value is -1.75. The predicted molar refractivity (Wildman–Crippen MR) is 52.9 cm³/mol. The molecule has 0 aliphatic heterocycles. The minimum atomic E-state index is -0.906. The molecule has 0 bridgehead atoms. The van der Waals surface area contributed by atoms with E-state index in [4.69, 9.17) is 10.5 Å². The summed E-state index contributed by atoms with van der Waals surface area (Å²) < 4.78 is 4.80. The van der Waals surface area contributed by atoms with Crippen molar-refractivity contribution in [2.75, 3.05) is 0 Å². The van der Waals surface area contributed by atoms with Gasteiger partial charge in [-0.1, -0.05) is 6.07 Å². The van der Waals surface area contributed by atoms with Gasteiger partial charge in [-0.25, -0.2) is 9.78 Å². The van der Waals surface area contributed by atoms with Gasteiger partial charge in [0.1, 0.15) is 11.5 Å². The molecule has 0 saturated carbocycles. The number of pyridine rings is 1. The summed E-state index contributed by atoms with van der Waals surface area (Å²) in [5.41, 5.74) is 5.60. The van der Waals surface area contributed by atoms with Gasteiger partial charge in [0.05, 0.1) is 6.42 Å². The largest absolute Gasteiger partial charge is 0.442 e. The zero-order valence-corrected chi connectivity index (χ0v) is 8.34. The van der Waals surface area contributed by atoms with Gasteiger partial charge in [0, 0.05) is 6.20 Å². The second-order valence-corrected chi connectivity index (χ2v) is 3.06. The highest BCUT2D eigenvalue weighted by Crippen LogP contribution is 2.00. The first-order valence-corrected chi connectivity index (χ1v) is 4.46. The van der Waals surface area contributed by atoms with Gasteiger partial charge in [-0.2, -0.15) is 0 Å². The topological polar surface area (TPSA) is 82.3 Å². The number of carbonyl (C=O) groups is 2. The summed E-state index contributed by atoms with van der Waals surface area (Å²) in [4.78, 5) is 25.8. The van der Waals surface area contributed by atoms with Crippen LogP contribution in [0, 0.1) is 0 Å². The Morgan fingerprint density at radius 3 is 2.80 bits per heavy atom. The summed E-state index contributed by atoms with van der Waals surface area (Å²) in [5.74, 6) is -0.749. The molecule has 0 amide bonds. The molecule has 0 radical (unpaired) electrons. The number of nitrogens with zero attached hydrogens (tertiary/aromatic N) is 1. The molecule has 15 heavy (non-hydrogen) atoms. The van der Waals surface area contributed by atoms with Gasteiger partial charge in [-0.3, -0.25) is 10.5 Å². The van der Waals surface area contributed by atoms with Crippen LogP contribution in [-0.4, -0.2) is 23.0 Å². The van der Waals surface area contributed by atoms with E-state index in [1.165, 1.54) is 19.2 Å². The maximum atomic E-state index is 11.4. The summed E-state index contributed by atoms with van der Waals surface area (Å²) >= 11 is 0. The van der Waals surface area contributed by atoms with Gasteiger partial charge in [0.15, 0.2) is 6.23 Å². The molecule has 80 valence electrons. The zero-order chi connectivity index (χ0) is 11.3. The Bertz CT molecular complexity index is 351. The lowest BCUT2D eigenvalue weighted by atomic mass is 10.3. The van der Waals surface area contributed by atoms with E-state index in [-0.39, 0.29) is 17.9 Å². The Morgan fingerprint density at radius 1 is 1.53 bits per heavy atom. The molecule has 1 atom stereocenters. The fourth-order valence-electron chi connectivity index (χ4n) is 1.01. The molecule has 0 saturated heterocycles. The van der Waals surface area contributed by atoms with Gasteiger partial charge in [-0.05, 0) is 19.1 Å². The van der Waals surface area contributed by atoms with Crippen molar-refractivity contribution in [3.05, 3.63) is 30.1 Å². The normalized spacial score (nSPS) is 11.9. The number of ether oxygens (including phenoxy) is 1. The number of rotatable bonds is 4. The quantitative estimate of drug-likeness (QED) is 0.575. The number of aromatic nitrogens is 1. The third kappa shape index (κ3) is 3.86. The molecular formula is C10H12N2O3. The third-order valence-corrected chi connectivity index (χ3v) is 1.62. The van der Waals surface area contributed by atoms with Crippen molar-refractivity contribution < 1.29 is 14.3 Å². The van der Waals surface area contributed by atoms with Crippen molar-refractivity contribution in [2.24, 2.45) is 5.73 Å². The van der Waals surface area contributed by atoms with Gasteiger partial charge < -0.3 is 4.74 Å². The van der Waals surface area contributed by atoms with Crippen molar-refractivity contribution in [3.63, 3.8) is 0 Å². The first kappa shape index (κ1) is 11.3. The standard InChI is InChI=1S/C10H12N2O3/c1-7(13)6-9(11)15-10(14)8-4-2-3-5-12-8/h2-5,9H,6,11H2,1H3. The second kappa shape index (κ2) is 5.21. The molecule has 2 N–H and O–H groups in total. The van der Waals surface area contributed by atoms with Crippen LogP contribution < -0.4 is 5.73 Å². The van der Waals surface area contributed by atoms with Crippen molar-refractivity contribution >= 4 is 11.8 Å². The van der Waals surface area contributed by atoms with Crippen molar-refractivity contribution in [1.29, 1.82) is 0 Å². The maximum Gasteiger partial charge on any atom is 0.358 e. The lowest BCUT2D eigenvalue weighted by molar-refractivity contribution is -0.118. The first-order chi connectivity index (χ1) is 7.09. The third-order valence-electron chi connectivity index (χ3n) is 1.62. The molecule has 1 aromatic rings. The minimum absolute atomic E-state index is 0.0125. The van der Waals surface area contributed by atoms with Crippen molar-refractivity contribution in [3.8, 4) is 0 Å². The fraction of sp³-hybridized carbons (Fsp3) is 0.300. The number of esters is 1. The van der Waals surface area contributed by atoms with E-state index in [1.54, 1.807) is 12.1 Å². The lowest BCUT2D eigenvalue weighted by Crippen LogP contribution is -2.29. The second-order valence-electron chi connectivity index (χ2n) is 3.06. The van der Waals surface area contributed by atoms with Crippen molar-refractivity contribution in [1.82, 2.24) is 4.98 Å². The highest BCUT2D eigenvalue weighted by molar-refractivity contribution is 5.87. The summed E-state index contributed by atoms with van der Waals surface area (Å²) in [5, 5.41) is 0. The van der Waals surface area contributed by atoms with E-state index in [9.17, 15) is 9.59 Å². The van der Waals surface area contributed by atoms with Gasteiger partial charge in [-0.15, -0.1) is 0 Å². The SMILES string of the molecule is CC(=O)CC(N)OC(=O)c1ccccn1. The Balaban J connectivity index is 2.53. The summed E-state index contributed by atoms with van der Waals surface area (Å²) in [6.45, 7) is 1.38. The number of Topliss-reactive ketones (excluding diaryl/α,β-unsaturated/α-hetero) is 1. The molecule has 0 aromatic carbocycles. The maximum absolute atomic E-state index is 11.4. The number of carbonyl (C=O) groups excluding carboxylic acids is 2. The molecular weight excluding hydrogens is 196 g/mol. The van der Waals surface area contributed by atoms with Crippen molar-refractivity contribution in [2.45, 2.75) is 19.6 Å². The van der Waals surface area contributed by atoms with Crippen LogP contribution in [0.4, 0.5) is 0 Å². The lowest BCUT2D eigenvalue weighted by Gasteiger charge is -2.10. The Morgan fingerprint density at radius 2 is 2.27 bits per heavy atom. The number of hydrogen-bond donors (Lipinski definition) is 1. The molecule has 1 unspecified atom stereocenters. The number of ketones is 1. The molecule has 1 heterocycles. The highest BCUT2D eigenvalue weighted by atomic mass is 16.6. The summed E-state index contributed by atoms with van der Waals surface area (Å²) in [7, 11) is 0. The molecule has 5 heteroatoms. The van der Waals surface area contributed by atoms with E-state index in [0.717, 1.165) is 0 Å². The molecule has 0 spiro atoms. The monoisotopic (exact) mass is 208 g/mol. The first-order valence-electron chi connectivity index (χ1n) is 4.46. The fourth-order valence-corrected chi connectivity index (χ4v) is 1.01.